The van der Waals surface area contributed by atoms with Crippen LogP contribution in [0.25, 0.3) is 0 Å². The Morgan fingerprint density at radius 3 is 2.79 bits per heavy atom. The van der Waals surface area contributed by atoms with Crippen molar-refractivity contribution in [3.8, 4) is 0 Å². The minimum Gasteiger partial charge on any atom is -0.299 e. The molecule has 2 nitrogen and oxygen atoms in total. The van der Waals surface area contributed by atoms with Gasteiger partial charge in [0.25, 0.3) is 0 Å². The molecule has 1 heterocycles. The van der Waals surface area contributed by atoms with Gasteiger partial charge in [-0.3, -0.25) is 9.78 Å². The summed E-state index contributed by atoms with van der Waals surface area (Å²) in [6.07, 6.45) is 1.90. The number of pyridine rings is 1. The fraction of sp³-hybridized carbons (Fsp3) is 0.400. The van der Waals surface area contributed by atoms with Crippen LogP contribution in [0.5, 0.6) is 0 Å². The third-order valence-electron chi connectivity index (χ3n) is 2.07. The van der Waals surface area contributed by atoms with Gasteiger partial charge in [-0.2, -0.15) is 0 Å². The highest BCUT2D eigenvalue weighted by Gasteiger charge is 2.19. The molecule has 0 spiro atoms. The number of nitrogens with zero attached hydrogens (tertiary/aromatic N) is 1. The maximum Gasteiger partial charge on any atom is 0.146 e. The maximum atomic E-state index is 13.3. The first-order chi connectivity index (χ1) is 6.56. The van der Waals surface area contributed by atoms with Crippen molar-refractivity contribution in [1.29, 1.82) is 0 Å². The molecule has 1 aromatic rings. The van der Waals surface area contributed by atoms with E-state index >= 15 is 0 Å². The van der Waals surface area contributed by atoms with Crippen molar-refractivity contribution >= 4 is 17.4 Å². The van der Waals surface area contributed by atoms with Gasteiger partial charge in [0.05, 0.1) is 16.6 Å². The normalized spacial score (nSPS) is 12.6. The maximum absolute atomic E-state index is 13.3. The summed E-state index contributed by atoms with van der Waals surface area (Å²) in [6, 6.07) is 1.18. The summed E-state index contributed by atoms with van der Waals surface area (Å²) in [7, 11) is 0. The molecule has 0 saturated heterocycles. The third kappa shape index (κ3) is 2.29. The molecule has 1 rings (SSSR count). The number of carbonyl (C=O) groups excluding carboxylic acids is 1. The Bertz CT molecular complexity index is 354. The van der Waals surface area contributed by atoms with Gasteiger partial charge in [-0.1, -0.05) is 18.5 Å². The molecular formula is C10H11ClFNO. The van der Waals surface area contributed by atoms with Crippen LogP contribution in [0.3, 0.4) is 0 Å². The second-order valence-electron chi connectivity index (χ2n) is 3.09. The van der Waals surface area contributed by atoms with Crippen LogP contribution in [-0.4, -0.2) is 10.8 Å². The van der Waals surface area contributed by atoms with Crippen LogP contribution in [0.2, 0.25) is 5.02 Å². The Balaban J connectivity index is 3.10. The molecule has 0 aliphatic heterocycles. The molecular weight excluding hydrogens is 205 g/mol. The Morgan fingerprint density at radius 2 is 2.36 bits per heavy atom. The number of Topliss-reactive ketones (excluding diaryl/α,β-unsaturated/α-hetero) is 1. The van der Waals surface area contributed by atoms with Crippen molar-refractivity contribution in [1.82, 2.24) is 4.98 Å². The van der Waals surface area contributed by atoms with Gasteiger partial charge < -0.3 is 0 Å². The van der Waals surface area contributed by atoms with E-state index < -0.39 is 11.7 Å². The minimum atomic E-state index is -0.514. The Labute approximate surface area is 87.1 Å². The second kappa shape index (κ2) is 4.51. The molecule has 1 unspecified atom stereocenters. The average Bonchev–Trinajstić information content (AvgIpc) is 2.09. The summed E-state index contributed by atoms with van der Waals surface area (Å²) in [5.41, 5.74) is 0.185. The van der Waals surface area contributed by atoms with Gasteiger partial charge in [-0.05, 0) is 19.4 Å². The molecule has 0 N–H and O–H groups in total. The van der Waals surface area contributed by atoms with Gasteiger partial charge in [-0.25, -0.2) is 4.39 Å². The number of hydrogen-bond donors (Lipinski definition) is 0. The molecule has 1 aromatic heterocycles. The largest absolute Gasteiger partial charge is 0.299 e. The van der Waals surface area contributed by atoms with Gasteiger partial charge in [0.15, 0.2) is 0 Å². The molecule has 0 radical (unpaired) electrons. The minimum absolute atomic E-state index is 0.0822. The standard InChI is InChI=1S/C10H11ClFNO/c1-3-8(6(2)14)10-9(12)4-7(11)5-13-10/h4-5,8H,3H2,1-2H3. The number of ketones is 1. The van der Waals surface area contributed by atoms with E-state index in [1.807, 2.05) is 6.92 Å². The number of halogens is 2. The van der Waals surface area contributed by atoms with Crippen LogP contribution >= 0.6 is 11.6 Å². The van der Waals surface area contributed by atoms with Crippen LogP contribution in [0.15, 0.2) is 12.3 Å². The molecule has 0 aliphatic rings. The van der Waals surface area contributed by atoms with E-state index in [0.29, 0.717) is 6.42 Å². The lowest BCUT2D eigenvalue weighted by molar-refractivity contribution is -0.118. The van der Waals surface area contributed by atoms with Gasteiger partial charge >= 0.3 is 0 Å². The van der Waals surface area contributed by atoms with E-state index in [1.54, 1.807) is 0 Å². The van der Waals surface area contributed by atoms with Gasteiger partial charge in [0, 0.05) is 6.20 Å². The molecule has 1 atom stereocenters. The first-order valence-corrected chi connectivity index (χ1v) is 4.75. The van der Waals surface area contributed by atoms with Crippen molar-refractivity contribution in [3.05, 3.63) is 28.8 Å². The lowest BCUT2D eigenvalue weighted by Crippen LogP contribution is -2.11. The van der Waals surface area contributed by atoms with Crippen LogP contribution in [0, 0.1) is 5.82 Å². The smallest absolute Gasteiger partial charge is 0.146 e. The Morgan fingerprint density at radius 1 is 1.71 bits per heavy atom. The molecule has 0 aliphatic carbocycles. The van der Waals surface area contributed by atoms with Crippen molar-refractivity contribution in [2.75, 3.05) is 0 Å². The van der Waals surface area contributed by atoms with Crippen molar-refractivity contribution in [3.63, 3.8) is 0 Å². The highest BCUT2D eigenvalue weighted by atomic mass is 35.5. The Kier molecular flexibility index (Phi) is 3.58. The zero-order valence-electron chi connectivity index (χ0n) is 8.05. The SMILES string of the molecule is CCC(C(C)=O)c1ncc(Cl)cc1F. The highest BCUT2D eigenvalue weighted by Crippen LogP contribution is 2.22. The van der Waals surface area contributed by atoms with Crippen molar-refractivity contribution < 1.29 is 9.18 Å². The lowest BCUT2D eigenvalue weighted by Gasteiger charge is -2.11. The quantitative estimate of drug-likeness (QED) is 0.776. The van der Waals surface area contributed by atoms with Gasteiger partial charge in [0.2, 0.25) is 0 Å². The van der Waals surface area contributed by atoms with Crippen LogP contribution in [0.1, 0.15) is 31.9 Å². The van der Waals surface area contributed by atoms with Crippen molar-refractivity contribution in [2.24, 2.45) is 0 Å². The molecule has 0 amide bonds. The van der Waals surface area contributed by atoms with Crippen LogP contribution in [0.4, 0.5) is 4.39 Å². The lowest BCUT2D eigenvalue weighted by atomic mass is 9.97. The van der Waals surface area contributed by atoms with E-state index in [1.165, 1.54) is 19.2 Å². The summed E-state index contributed by atoms with van der Waals surface area (Å²) in [5, 5.41) is 0.240. The van der Waals surface area contributed by atoms with E-state index in [2.05, 4.69) is 4.98 Å². The number of carbonyl (C=O) groups is 1. The predicted molar refractivity (Wildman–Crippen MR) is 52.9 cm³/mol. The number of aromatic nitrogens is 1. The van der Waals surface area contributed by atoms with E-state index in [9.17, 15) is 9.18 Å². The third-order valence-corrected chi connectivity index (χ3v) is 2.27. The summed E-state index contributed by atoms with van der Waals surface area (Å²) in [5.74, 6) is -1.06. The summed E-state index contributed by atoms with van der Waals surface area (Å²) in [4.78, 5) is 15.0. The second-order valence-corrected chi connectivity index (χ2v) is 3.53. The van der Waals surface area contributed by atoms with Gasteiger partial charge in [-0.15, -0.1) is 0 Å². The molecule has 0 saturated carbocycles. The fourth-order valence-corrected chi connectivity index (χ4v) is 1.50. The van der Waals surface area contributed by atoms with E-state index in [0.717, 1.165) is 0 Å². The Hall–Kier alpha value is -0.960. The molecule has 0 aromatic carbocycles. The topological polar surface area (TPSA) is 30.0 Å². The van der Waals surface area contributed by atoms with E-state index in [4.69, 9.17) is 11.6 Å². The summed E-state index contributed by atoms with van der Waals surface area (Å²) >= 11 is 5.56. The summed E-state index contributed by atoms with van der Waals surface area (Å²) < 4.78 is 13.3. The molecule has 76 valence electrons. The first kappa shape index (κ1) is 11.1. The average molecular weight is 216 g/mol. The molecule has 14 heavy (non-hydrogen) atoms. The van der Waals surface area contributed by atoms with Gasteiger partial charge in [0.1, 0.15) is 11.6 Å². The highest BCUT2D eigenvalue weighted by molar-refractivity contribution is 6.30. The molecule has 0 bridgehead atoms. The zero-order chi connectivity index (χ0) is 10.7. The molecule has 0 fully saturated rings. The monoisotopic (exact) mass is 215 g/mol. The predicted octanol–water partition coefficient (Wildman–Crippen LogP) is 2.96. The summed E-state index contributed by atoms with van der Waals surface area (Å²) in [6.45, 7) is 3.26. The zero-order valence-corrected chi connectivity index (χ0v) is 8.81. The number of hydrogen-bond acceptors (Lipinski definition) is 2. The first-order valence-electron chi connectivity index (χ1n) is 4.37. The fourth-order valence-electron chi connectivity index (χ4n) is 1.35. The van der Waals surface area contributed by atoms with Crippen molar-refractivity contribution in [2.45, 2.75) is 26.2 Å². The molecule has 4 heteroatoms. The number of rotatable bonds is 3. The van der Waals surface area contributed by atoms with Crippen LogP contribution < -0.4 is 0 Å². The van der Waals surface area contributed by atoms with Crippen LogP contribution in [-0.2, 0) is 4.79 Å². The van der Waals surface area contributed by atoms with E-state index in [-0.39, 0.29) is 16.5 Å².